The summed E-state index contributed by atoms with van der Waals surface area (Å²) in [5.74, 6) is 1.81. The average molecular weight is 359 g/mol. The Balaban J connectivity index is 2.08. The largest absolute Gasteiger partial charge is 0.103 e. The van der Waals surface area contributed by atoms with E-state index >= 15 is 0 Å². The molecule has 1 aliphatic rings. The first-order valence-electron chi connectivity index (χ1n) is 10.0. The zero-order valence-corrected chi connectivity index (χ0v) is 18.6. The Hall–Kier alpha value is -0.606. The highest BCUT2D eigenvalue weighted by atomic mass is 28.3. The van der Waals surface area contributed by atoms with E-state index in [1.165, 1.54) is 44.6 Å². The summed E-state index contributed by atoms with van der Waals surface area (Å²) >= 11 is 0. The number of hydrogen-bond donors (Lipinski definition) is 0. The summed E-state index contributed by atoms with van der Waals surface area (Å²) < 4.78 is 0. The molecule has 2 rings (SSSR count). The number of hydrogen-bond acceptors (Lipinski definition) is 0. The van der Waals surface area contributed by atoms with Crippen LogP contribution in [0, 0.1) is 11.8 Å². The molecule has 1 saturated carbocycles. The summed E-state index contributed by atoms with van der Waals surface area (Å²) in [6.45, 7) is 12.6. The van der Waals surface area contributed by atoms with Crippen LogP contribution in [0.15, 0.2) is 42.1 Å². The van der Waals surface area contributed by atoms with Gasteiger partial charge in [0.1, 0.15) is 8.07 Å². The highest BCUT2D eigenvalue weighted by Gasteiger charge is 2.25. The lowest BCUT2D eigenvalue weighted by Crippen LogP contribution is -2.39. The standard InChI is InChI=1S/C22H38Si2/c1-23(2,3)19-21(18-20-12-8-6-9-13-20)16-17-24(4,5)22-14-10-7-11-15-22/h7,10-11,14-17,20-21H,6,8-9,12-13,18-19H2,1-5H3/b17-16+. The van der Waals surface area contributed by atoms with Crippen LogP contribution in [-0.4, -0.2) is 16.1 Å². The Morgan fingerprint density at radius 3 is 2.17 bits per heavy atom. The van der Waals surface area contributed by atoms with Gasteiger partial charge in [0.05, 0.1) is 0 Å². The molecule has 0 nitrogen and oxygen atoms in total. The first-order valence-corrected chi connectivity index (χ1v) is 16.8. The van der Waals surface area contributed by atoms with Gasteiger partial charge in [0.25, 0.3) is 0 Å². The minimum atomic E-state index is -1.45. The van der Waals surface area contributed by atoms with E-state index in [4.69, 9.17) is 0 Å². The van der Waals surface area contributed by atoms with Crippen LogP contribution in [0.4, 0.5) is 0 Å². The lowest BCUT2D eigenvalue weighted by molar-refractivity contribution is 0.314. The van der Waals surface area contributed by atoms with Gasteiger partial charge in [-0.1, -0.05) is 118 Å². The second-order valence-corrected chi connectivity index (χ2v) is 19.6. The smallest absolute Gasteiger partial charge is 0.0940 e. The van der Waals surface area contributed by atoms with Crippen LogP contribution in [0.25, 0.3) is 0 Å². The van der Waals surface area contributed by atoms with Crippen LogP contribution in [0.1, 0.15) is 38.5 Å². The molecule has 1 aromatic rings. The molecule has 134 valence electrons. The highest BCUT2D eigenvalue weighted by molar-refractivity contribution is 6.93. The van der Waals surface area contributed by atoms with E-state index in [2.05, 4.69) is 74.8 Å². The third-order valence-electron chi connectivity index (χ3n) is 5.54. The van der Waals surface area contributed by atoms with Gasteiger partial charge in [-0.15, -0.1) is 0 Å². The molecule has 1 fully saturated rings. The van der Waals surface area contributed by atoms with Gasteiger partial charge in [-0.05, 0) is 18.3 Å². The first kappa shape index (κ1) is 19.7. The highest BCUT2D eigenvalue weighted by Crippen LogP contribution is 2.33. The summed E-state index contributed by atoms with van der Waals surface area (Å²) in [7, 11) is -2.46. The van der Waals surface area contributed by atoms with Crippen LogP contribution in [0.3, 0.4) is 0 Å². The van der Waals surface area contributed by atoms with Crippen molar-refractivity contribution in [3.05, 3.63) is 42.1 Å². The van der Waals surface area contributed by atoms with Crippen molar-refractivity contribution in [1.29, 1.82) is 0 Å². The first-order chi connectivity index (χ1) is 11.3. The molecule has 0 aliphatic heterocycles. The zero-order valence-electron chi connectivity index (χ0n) is 16.6. The van der Waals surface area contributed by atoms with Crippen molar-refractivity contribution >= 4 is 21.3 Å². The lowest BCUT2D eigenvalue weighted by atomic mass is 9.83. The molecule has 0 heterocycles. The van der Waals surface area contributed by atoms with Crippen molar-refractivity contribution in [2.24, 2.45) is 11.8 Å². The topological polar surface area (TPSA) is 0 Å². The molecule has 0 saturated heterocycles. The summed E-state index contributed by atoms with van der Waals surface area (Å²) in [5.41, 5.74) is 2.63. The van der Waals surface area contributed by atoms with Crippen LogP contribution < -0.4 is 5.19 Å². The minimum absolute atomic E-state index is 0.815. The Morgan fingerprint density at radius 1 is 0.958 bits per heavy atom. The Kier molecular flexibility index (Phi) is 7.12. The molecule has 0 aromatic heterocycles. The van der Waals surface area contributed by atoms with E-state index < -0.39 is 16.1 Å². The van der Waals surface area contributed by atoms with Crippen LogP contribution in [0.2, 0.25) is 38.8 Å². The van der Waals surface area contributed by atoms with Crippen LogP contribution in [0.5, 0.6) is 0 Å². The molecule has 0 bridgehead atoms. The third-order valence-corrected chi connectivity index (χ3v) is 10.1. The molecule has 24 heavy (non-hydrogen) atoms. The molecule has 2 heteroatoms. The van der Waals surface area contributed by atoms with Gasteiger partial charge in [0.2, 0.25) is 0 Å². The lowest BCUT2D eigenvalue weighted by Gasteiger charge is -2.29. The molecule has 1 aliphatic carbocycles. The zero-order chi connectivity index (χ0) is 17.6. The molecular formula is C22H38Si2. The van der Waals surface area contributed by atoms with Crippen LogP contribution in [-0.2, 0) is 0 Å². The van der Waals surface area contributed by atoms with E-state index in [0.29, 0.717) is 0 Å². The van der Waals surface area contributed by atoms with Crippen molar-refractivity contribution in [2.45, 2.75) is 77.3 Å². The number of allylic oxidation sites excluding steroid dienone is 1. The third kappa shape index (κ3) is 6.72. The fraction of sp³-hybridized carbons (Fsp3) is 0.636. The molecule has 0 spiro atoms. The summed E-state index contributed by atoms with van der Waals surface area (Å²) in [6.07, 6.45) is 11.5. The van der Waals surface area contributed by atoms with E-state index in [0.717, 1.165) is 11.8 Å². The van der Waals surface area contributed by atoms with Crippen molar-refractivity contribution in [2.75, 3.05) is 0 Å². The fourth-order valence-corrected chi connectivity index (χ4v) is 8.08. The van der Waals surface area contributed by atoms with E-state index in [1.54, 1.807) is 5.19 Å². The van der Waals surface area contributed by atoms with E-state index in [1.807, 2.05) is 0 Å². The predicted molar refractivity (Wildman–Crippen MR) is 116 cm³/mol. The second kappa shape index (κ2) is 8.66. The summed E-state index contributed by atoms with van der Waals surface area (Å²) in [5, 5.41) is 1.56. The maximum absolute atomic E-state index is 2.64. The minimum Gasteiger partial charge on any atom is -0.0940 e. The quantitative estimate of drug-likeness (QED) is 0.480. The summed E-state index contributed by atoms with van der Waals surface area (Å²) in [6, 6.07) is 12.6. The molecule has 0 amide bonds. The van der Waals surface area contributed by atoms with Crippen molar-refractivity contribution < 1.29 is 0 Å². The van der Waals surface area contributed by atoms with Gasteiger partial charge in [0.15, 0.2) is 0 Å². The maximum Gasteiger partial charge on any atom is 0.103 e. The predicted octanol–water partition coefficient (Wildman–Crippen LogP) is 6.62. The molecular weight excluding hydrogens is 320 g/mol. The Morgan fingerprint density at radius 2 is 1.58 bits per heavy atom. The van der Waals surface area contributed by atoms with E-state index in [-0.39, 0.29) is 0 Å². The number of rotatable bonds is 7. The summed E-state index contributed by atoms with van der Waals surface area (Å²) in [4.78, 5) is 0. The van der Waals surface area contributed by atoms with Gasteiger partial charge < -0.3 is 0 Å². The molecule has 0 N–H and O–H groups in total. The van der Waals surface area contributed by atoms with Gasteiger partial charge >= 0.3 is 0 Å². The molecule has 1 atom stereocenters. The van der Waals surface area contributed by atoms with Crippen molar-refractivity contribution in [3.8, 4) is 0 Å². The second-order valence-electron chi connectivity index (χ2n) is 9.71. The maximum atomic E-state index is 2.64. The van der Waals surface area contributed by atoms with E-state index in [9.17, 15) is 0 Å². The van der Waals surface area contributed by atoms with Crippen molar-refractivity contribution in [3.63, 3.8) is 0 Å². The number of benzene rings is 1. The monoisotopic (exact) mass is 358 g/mol. The van der Waals surface area contributed by atoms with Gasteiger partial charge in [0, 0.05) is 8.07 Å². The van der Waals surface area contributed by atoms with Gasteiger partial charge in [-0.25, -0.2) is 0 Å². The van der Waals surface area contributed by atoms with Crippen LogP contribution >= 0.6 is 0 Å². The van der Waals surface area contributed by atoms with Gasteiger partial charge in [-0.3, -0.25) is 0 Å². The van der Waals surface area contributed by atoms with Crippen molar-refractivity contribution in [1.82, 2.24) is 0 Å². The normalized spacial score (nSPS) is 18.9. The Labute approximate surface area is 152 Å². The Bertz CT molecular complexity index is 505. The molecule has 1 aromatic carbocycles. The van der Waals surface area contributed by atoms with Gasteiger partial charge in [-0.2, -0.15) is 0 Å². The SMILES string of the molecule is C[Si](C)(C)CC(/C=C/[Si](C)(C)c1ccccc1)CC1CCCCC1. The molecule has 0 radical (unpaired) electrons. The fourth-order valence-electron chi connectivity index (χ4n) is 4.21. The molecule has 1 unspecified atom stereocenters. The average Bonchev–Trinajstić information content (AvgIpc) is 2.53.